The zero-order valence-corrected chi connectivity index (χ0v) is 9.75. The van der Waals surface area contributed by atoms with E-state index in [4.69, 9.17) is 4.74 Å². The molecule has 0 saturated carbocycles. The van der Waals surface area contributed by atoms with Crippen LogP contribution >= 0.6 is 15.9 Å². The van der Waals surface area contributed by atoms with Crippen LogP contribution in [0.5, 0.6) is 5.75 Å². The maximum atomic E-state index is 5.49. The molecule has 0 aromatic heterocycles. The highest BCUT2D eigenvalue weighted by Crippen LogP contribution is 2.17. The van der Waals surface area contributed by atoms with Gasteiger partial charge >= 0.3 is 0 Å². The Labute approximate surface area is 93.1 Å². The van der Waals surface area contributed by atoms with Gasteiger partial charge in [-0.25, -0.2) is 0 Å². The van der Waals surface area contributed by atoms with E-state index in [-0.39, 0.29) is 0 Å². The SMILES string of the molecule is CNC/C=C/COc1cccc(Br)c1. The summed E-state index contributed by atoms with van der Waals surface area (Å²) < 4.78 is 6.53. The summed E-state index contributed by atoms with van der Waals surface area (Å²) in [4.78, 5) is 0. The lowest BCUT2D eigenvalue weighted by Crippen LogP contribution is -2.04. The van der Waals surface area contributed by atoms with Gasteiger partial charge < -0.3 is 10.1 Å². The molecule has 0 aliphatic carbocycles. The van der Waals surface area contributed by atoms with E-state index < -0.39 is 0 Å². The molecule has 0 saturated heterocycles. The summed E-state index contributed by atoms with van der Waals surface area (Å²) in [6.07, 6.45) is 4.04. The smallest absolute Gasteiger partial charge is 0.120 e. The van der Waals surface area contributed by atoms with Crippen molar-refractivity contribution in [2.24, 2.45) is 0 Å². The van der Waals surface area contributed by atoms with Gasteiger partial charge in [0.2, 0.25) is 0 Å². The third-order valence-electron chi connectivity index (χ3n) is 1.63. The Bertz CT molecular complexity index is 299. The zero-order valence-electron chi connectivity index (χ0n) is 8.16. The van der Waals surface area contributed by atoms with Gasteiger partial charge in [-0.2, -0.15) is 0 Å². The number of rotatable bonds is 5. The van der Waals surface area contributed by atoms with Crippen molar-refractivity contribution in [3.63, 3.8) is 0 Å². The number of hydrogen-bond donors (Lipinski definition) is 1. The van der Waals surface area contributed by atoms with Gasteiger partial charge in [0.05, 0.1) is 0 Å². The molecule has 3 heteroatoms. The van der Waals surface area contributed by atoms with Crippen molar-refractivity contribution in [1.29, 1.82) is 0 Å². The molecule has 0 fully saturated rings. The first kappa shape index (κ1) is 11.3. The summed E-state index contributed by atoms with van der Waals surface area (Å²) in [5, 5.41) is 3.03. The van der Waals surface area contributed by atoms with Gasteiger partial charge in [-0.05, 0) is 25.2 Å². The van der Waals surface area contributed by atoms with Crippen molar-refractivity contribution in [2.45, 2.75) is 0 Å². The minimum atomic E-state index is 0.609. The molecule has 1 aromatic carbocycles. The lowest BCUT2D eigenvalue weighted by molar-refractivity contribution is 0.362. The average molecular weight is 256 g/mol. The lowest BCUT2D eigenvalue weighted by Gasteiger charge is -2.02. The van der Waals surface area contributed by atoms with Crippen LogP contribution in [0.1, 0.15) is 0 Å². The predicted octanol–water partition coefficient (Wildman–Crippen LogP) is 2.60. The third kappa shape index (κ3) is 4.44. The van der Waals surface area contributed by atoms with Crippen LogP contribution in [0.15, 0.2) is 40.9 Å². The molecule has 0 radical (unpaired) electrons. The summed E-state index contributed by atoms with van der Waals surface area (Å²) in [6.45, 7) is 1.49. The summed E-state index contributed by atoms with van der Waals surface area (Å²) in [6, 6.07) is 7.82. The van der Waals surface area contributed by atoms with Gasteiger partial charge in [0.15, 0.2) is 0 Å². The summed E-state index contributed by atoms with van der Waals surface area (Å²) in [7, 11) is 1.92. The molecule has 0 atom stereocenters. The van der Waals surface area contributed by atoms with Crippen LogP contribution in [0.25, 0.3) is 0 Å². The molecule has 0 heterocycles. The Balaban J connectivity index is 2.31. The van der Waals surface area contributed by atoms with E-state index in [0.717, 1.165) is 16.8 Å². The minimum absolute atomic E-state index is 0.609. The molecule has 0 aliphatic heterocycles. The predicted molar refractivity (Wildman–Crippen MR) is 62.7 cm³/mol. The van der Waals surface area contributed by atoms with Crippen LogP contribution in [0.3, 0.4) is 0 Å². The van der Waals surface area contributed by atoms with Gasteiger partial charge in [0.25, 0.3) is 0 Å². The van der Waals surface area contributed by atoms with Crippen molar-refractivity contribution in [1.82, 2.24) is 5.32 Å². The Morgan fingerprint density at radius 2 is 2.29 bits per heavy atom. The van der Waals surface area contributed by atoms with E-state index in [1.807, 2.05) is 43.5 Å². The Morgan fingerprint density at radius 3 is 3.00 bits per heavy atom. The monoisotopic (exact) mass is 255 g/mol. The van der Waals surface area contributed by atoms with Crippen molar-refractivity contribution in [2.75, 3.05) is 20.2 Å². The van der Waals surface area contributed by atoms with E-state index in [2.05, 4.69) is 21.2 Å². The first-order valence-corrected chi connectivity index (χ1v) is 5.30. The molecule has 1 rings (SSSR count). The second kappa shape index (κ2) is 6.62. The highest BCUT2D eigenvalue weighted by molar-refractivity contribution is 9.10. The first-order valence-electron chi connectivity index (χ1n) is 4.51. The first-order chi connectivity index (χ1) is 6.83. The fraction of sp³-hybridized carbons (Fsp3) is 0.273. The largest absolute Gasteiger partial charge is 0.490 e. The molecular weight excluding hydrogens is 242 g/mol. The van der Waals surface area contributed by atoms with Crippen LogP contribution in [-0.2, 0) is 0 Å². The summed E-state index contributed by atoms with van der Waals surface area (Å²) in [5.74, 6) is 0.883. The number of likely N-dealkylation sites (N-methyl/N-ethyl adjacent to an activating group) is 1. The minimum Gasteiger partial charge on any atom is -0.490 e. The molecule has 2 nitrogen and oxygen atoms in total. The zero-order chi connectivity index (χ0) is 10.2. The molecule has 0 spiro atoms. The van der Waals surface area contributed by atoms with Crippen molar-refractivity contribution < 1.29 is 4.74 Å². The molecule has 1 aromatic rings. The van der Waals surface area contributed by atoms with Crippen molar-refractivity contribution in [3.05, 3.63) is 40.9 Å². The van der Waals surface area contributed by atoms with Crippen LogP contribution in [0.4, 0.5) is 0 Å². The number of nitrogens with one attached hydrogen (secondary N) is 1. The highest BCUT2D eigenvalue weighted by atomic mass is 79.9. The number of benzene rings is 1. The van der Waals surface area contributed by atoms with Crippen molar-refractivity contribution in [3.8, 4) is 5.75 Å². The maximum absolute atomic E-state index is 5.49. The fourth-order valence-electron chi connectivity index (χ4n) is 0.970. The van der Waals surface area contributed by atoms with Gasteiger partial charge in [-0.15, -0.1) is 0 Å². The Morgan fingerprint density at radius 1 is 1.43 bits per heavy atom. The summed E-state index contributed by atoms with van der Waals surface area (Å²) >= 11 is 3.39. The fourth-order valence-corrected chi connectivity index (χ4v) is 1.35. The van der Waals surface area contributed by atoms with Gasteiger partial charge in [0, 0.05) is 11.0 Å². The highest BCUT2D eigenvalue weighted by Gasteiger charge is 1.91. The number of ether oxygens (including phenoxy) is 1. The molecule has 0 aliphatic rings. The van der Waals surface area contributed by atoms with Crippen LogP contribution in [0, 0.1) is 0 Å². The second-order valence-corrected chi connectivity index (χ2v) is 3.71. The van der Waals surface area contributed by atoms with E-state index in [1.165, 1.54) is 0 Å². The molecule has 14 heavy (non-hydrogen) atoms. The lowest BCUT2D eigenvalue weighted by atomic mass is 10.3. The number of hydrogen-bond acceptors (Lipinski definition) is 2. The molecule has 0 unspecified atom stereocenters. The van der Waals surface area contributed by atoms with Crippen molar-refractivity contribution >= 4 is 15.9 Å². The van der Waals surface area contributed by atoms with E-state index >= 15 is 0 Å². The third-order valence-corrected chi connectivity index (χ3v) is 2.12. The van der Waals surface area contributed by atoms with E-state index in [9.17, 15) is 0 Å². The maximum Gasteiger partial charge on any atom is 0.120 e. The quantitative estimate of drug-likeness (QED) is 0.817. The Hall–Kier alpha value is -0.800. The topological polar surface area (TPSA) is 21.3 Å². The molecule has 0 amide bonds. The number of halogens is 1. The van der Waals surface area contributed by atoms with Crippen LogP contribution < -0.4 is 10.1 Å². The van der Waals surface area contributed by atoms with E-state index in [1.54, 1.807) is 0 Å². The summed E-state index contributed by atoms with van der Waals surface area (Å²) in [5.41, 5.74) is 0. The molecular formula is C11H14BrNO. The van der Waals surface area contributed by atoms with Crippen LogP contribution in [-0.4, -0.2) is 20.2 Å². The van der Waals surface area contributed by atoms with Gasteiger partial charge in [-0.1, -0.05) is 34.1 Å². The molecule has 76 valence electrons. The Kier molecular flexibility index (Phi) is 5.33. The van der Waals surface area contributed by atoms with Gasteiger partial charge in [-0.3, -0.25) is 0 Å². The second-order valence-electron chi connectivity index (χ2n) is 2.80. The van der Waals surface area contributed by atoms with E-state index in [0.29, 0.717) is 6.61 Å². The molecule has 1 N–H and O–H groups in total. The molecule has 0 bridgehead atoms. The standard InChI is InChI=1S/C11H14BrNO/c1-13-7-2-3-8-14-11-6-4-5-10(12)9-11/h2-6,9,13H,7-8H2,1H3/b3-2+. The van der Waals surface area contributed by atoms with Gasteiger partial charge in [0.1, 0.15) is 12.4 Å². The van der Waals surface area contributed by atoms with Crippen LogP contribution in [0.2, 0.25) is 0 Å². The average Bonchev–Trinajstić information content (AvgIpc) is 2.18. The normalized spacial score (nSPS) is 10.7.